The zero-order valence-electron chi connectivity index (χ0n) is 40.6. The number of rotatable bonds is 40. The van der Waals surface area contributed by atoms with Crippen molar-refractivity contribution >= 4 is 5.97 Å². The van der Waals surface area contributed by atoms with E-state index in [-0.39, 0.29) is 19.6 Å². The largest absolute Gasteiger partial charge is 0.457 e. The summed E-state index contributed by atoms with van der Waals surface area (Å²) < 4.78 is 22.8. The third kappa shape index (κ3) is 36.2. The van der Waals surface area contributed by atoms with Crippen LogP contribution in [0.15, 0.2) is 146 Å². The summed E-state index contributed by atoms with van der Waals surface area (Å²) in [6.45, 7) is 4.15. The first-order chi connectivity index (χ1) is 32.4. The first kappa shape index (κ1) is 60.1. The average molecular weight is 917 g/mol. The molecule has 1 aliphatic rings. The van der Waals surface area contributed by atoms with Crippen LogP contribution in [-0.4, -0.2) is 89.6 Å². The van der Waals surface area contributed by atoms with E-state index in [9.17, 15) is 25.2 Å². The van der Waals surface area contributed by atoms with Crippen LogP contribution in [0.1, 0.15) is 142 Å². The normalized spacial score (nSPS) is 20.6. The average Bonchev–Trinajstić information content (AvgIpc) is 3.32. The minimum atomic E-state index is -1.56. The number of unbranched alkanes of at least 4 members (excludes halogenated alkanes) is 5. The molecule has 1 aliphatic heterocycles. The van der Waals surface area contributed by atoms with Gasteiger partial charge >= 0.3 is 5.97 Å². The third-order valence-electron chi connectivity index (χ3n) is 10.3. The van der Waals surface area contributed by atoms with Crippen LogP contribution in [0, 0.1) is 0 Å². The van der Waals surface area contributed by atoms with Gasteiger partial charge < -0.3 is 39.4 Å². The van der Waals surface area contributed by atoms with Gasteiger partial charge in [-0.3, -0.25) is 4.79 Å². The molecule has 6 atom stereocenters. The van der Waals surface area contributed by atoms with E-state index in [1.165, 1.54) is 0 Å². The van der Waals surface area contributed by atoms with Crippen molar-refractivity contribution in [3.63, 3.8) is 0 Å². The fourth-order valence-corrected chi connectivity index (χ4v) is 6.46. The van der Waals surface area contributed by atoms with Crippen LogP contribution in [0.3, 0.4) is 0 Å². The quantitative estimate of drug-likeness (QED) is 0.0269. The van der Waals surface area contributed by atoms with Gasteiger partial charge in [-0.25, -0.2) is 0 Å². The third-order valence-corrected chi connectivity index (χ3v) is 10.3. The van der Waals surface area contributed by atoms with Crippen LogP contribution >= 0.6 is 0 Å². The molecule has 0 saturated carbocycles. The Hall–Kier alpha value is -3.93. The maximum atomic E-state index is 12.8. The Morgan fingerprint density at radius 2 is 0.879 bits per heavy atom. The molecule has 9 heteroatoms. The number of hydrogen-bond acceptors (Lipinski definition) is 9. The lowest BCUT2D eigenvalue weighted by Gasteiger charge is -2.39. The molecular weight excluding hydrogens is 829 g/mol. The minimum Gasteiger partial charge on any atom is -0.457 e. The number of aliphatic hydroxyl groups excluding tert-OH is 4. The van der Waals surface area contributed by atoms with Crippen LogP contribution < -0.4 is 0 Å². The van der Waals surface area contributed by atoms with Gasteiger partial charge in [-0.2, -0.15) is 0 Å². The maximum absolute atomic E-state index is 12.8. The van der Waals surface area contributed by atoms with Crippen molar-refractivity contribution in [1.29, 1.82) is 0 Å². The van der Waals surface area contributed by atoms with Crippen LogP contribution in [0.2, 0.25) is 0 Å². The summed E-state index contributed by atoms with van der Waals surface area (Å²) in [5, 5.41) is 40.2. The van der Waals surface area contributed by atoms with Gasteiger partial charge in [0.15, 0.2) is 6.29 Å². The lowest BCUT2D eigenvalue weighted by Crippen LogP contribution is -2.59. The molecule has 66 heavy (non-hydrogen) atoms. The van der Waals surface area contributed by atoms with Gasteiger partial charge in [0.1, 0.15) is 30.5 Å². The molecule has 9 nitrogen and oxygen atoms in total. The predicted molar refractivity (Wildman–Crippen MR) is 274 cm³/mol. The zero-order valence-corrected chi connectivity index (χ0v) is 40.6. The van der Waals surface area contributed by atoms with Gasteiger partial charge in [0.2, 0.25) is 0 Å². The van der Waals surface area contributed by atoms with Gasteiger partial charge in [0, 0.05) is 13.0 Å². The summed E-state index contributed by atoms with van der Waals surface area (Å²) in [5.74, 6) is -0.410. The van der Waals surface area contributed by atoms with E-state index in [1.807, 2.05) is 12.2 Å². The smallest absolute Gasteiger partial charge is 0.306 e. The van der Waals surface area contributed by atoms with Gasteiger partial charge in [-0.15, -0.1) is 0 Å². The number of esters is 1. The second kappa shape index (κ2) is 46.2. The van der Waals surface area contributed by atoms with Crippen LogP contribution in [0.25, 0.3) is 0 Å². The fourth-order valence-electron chi connectivity index (χ4n) is 6.46. The Morgan fingerprint density at radius 1 is 0.485 bits per heavy atom. The molecule has 0 bridgehead atoms. The Labute approximate surface area is 400 Å². The molecule has 6 unspecified atom stereocenters. The van der Waals surface area contributed by atoms with Crippen LogP contribution in [0.5, 0.6) is 0 Å². The molecule has 0 spiro atoms. The minimum absolute atomic E-state index is 0.0890. The van der Waals surface area contributed by atoms with Gasteiger partial charge in [-0.05, 0) is 103 Å². The number of carbonyl (C=O) groups is 1. The summed E-state index contributed by atoms with van der Waals surface area (Å²) in [6.07, 6.45) is 63.2. The highest BCUT2D eigenvalue weighted by Crippen LogP contribution is 2.22. The van der Waals surface area contributed by atoms with Gasteiger partial charge in [0.25, 0.3) is 0 Å². The highest BCUT2D eigenvalue weighted by atomic mass is 16.7. The number of ether oxygens (including phenoxy) is 4. The Bertz CT molecular complexity index is 1510. The molecule has 1 heterocycles. The predicted octanol–water partition coefficient (Wildman–Crippen LogP) is 12.2. The van der Waals surface area contributed by atoms with Crippen molar-refractivity contribution in [2.45, 2.75) is 179 Å². The summed E-state index contributed by atoms with van der Waals surface area (Å²) >= 11 is 0. The van der Waals surface area contributed by atoms with Crippen molar-refractivity contribution in [3.05, 3.63) is 146 Å². The molecule has 1 rings (SSSR count). The van der Waals surface area contributed by atoms with Gasteiger partial charge in [0.05, 0.1) is 19.8 Å². The Kier molecular flexibility index (Phi) is 42.1. The monoisotopic (exact) mass is 917 g/mol. The second-order valence-corrected chi connectivity index (χ2v) is 16.1. The summed E-state index contributed by atoms with van der Waals surface area (Å²) in [4.78, 5) is 12.8. The van der Waals surface area contributed by atoms with Crippen molar-refractivity contribution in [2.75, 3.05) is 26.4 Å². The lowest BCUT2D eigenvalue weighted by molar-refractivity contribution is -0.305. The second-order valence-electron chi connectivity index (χ2n) is 16.1. The van der Waals surface area contributed by atoms with Crippen molar-refractivity contribution in [2.24, 2.45) is 0 Å². The molecule has 0 aromatic carbocycles. The first-order valence-electron chi connectivity index (χ1n) is 24.9. The topological polar surface area (TPSA) is 135 Å². The van der Waals surface area contributed by atoms with E-state index in [0.29, 0.717) is 13.0 Å². The molecule has 4 N–H and O–H groups in total. The first-order valence-corrected chi connectivity index (χ1v) is 24.9. The van der Waals surface area contributed by atoms with Crippen LogP contribution in [0.4, 0.5) is 0 Å². The summed E-state index contributed by atoms with van der Waals surface area (Å²) in [5.41, 5.74) is 0. The van der Waals surface area contributed by atoms with Crippen LogP contribution in [-0.2, 0) is 23.7 Å². The Balaban J connectivity index is 2.31. The summed E-state index contributed by atoms with van der Waals surface area (Å²) in [6, 6.07) is 0. The van der Waals surface area contributed by atoms with Gasteiger partial charge in [-0.1, -0.05) is 179 Å². The number of carbonyl (C=O) groups excluding carboxylic acids is 1. The highest BCUT2D eigenvalue weighted by molar-refractivity contribution is 5.69. The molecule has 0 amide bonds. The standard InChI is InChI=1S/C57H88O9/c1-3-5-7-9-11-13-15-17-19-21-23-24-25-26-27-29-31-33-35-37-39-41-43-45-47-63-49-51(50-64-57-56(62)55(61)54(60)52(48-58)66-57)65-53(59)46-44-42-40-38-36-34-32-30-28-22-20-18-16-14-12-10-8-6-4-2/h5-8,11-14,17-20,23-24,26-28,30-31,33-34,36,40,42,51-52,54-58,60-62H,3-4,9-10,15-16,21-22,25,29,32,35,37-39,41,43-50H2,1-2H3/b7-5-,8-6-,13-11-,14-12-,19-17-,20-18-,24-23-,27-26-,30-28-,33-31-,36-34-,42-40-. The van der Waals surface area contributed by atoms with Crippen molar-refractivity contribution < 1.29 is 44.2 Å². The van der Waals surface area contributed by atoms with E-state index >= 15 is 0 Å². The van der Waals surface area contributed by atoms with Crippen molar-refractivity contribution in [1.82, 2.24) is 0 Å². The Morgan fingerprint density at radius 3 is 1.32 bits per heavy atom. The SMILES string of the molecule is CC/C=C\C/C=C\C/C=C\C/C=C\C/C=C\C/C=C\CCCCCCCOCC(COC1OC(CO)C(O)C(O)C1O)OC(=O)CC/C=C\C/C=C\C/C=C\C/C=C\C/C=C\C/C=C\CC. The molecule has 0 aromatic heterocycles. The molecule has 0 radical (unpaired) electrons. The molecule has 1 saturated heterocycles. The summed E-state index contributed by atoms with van der Waals surface area (Å²) in [7, 11) is 0. The molecule has 1 fully saturated rings. The van der Waals surface area contributed by atoms with Crippen molar-refractivity contribution in [3.8, 4) is 0 Å². The molecule has 0 aromatic rings. The van der Waals surface area contributed by atoms with E-state index in [2.05, 4.69) is 148 Å². The molecular formula is C57H88O9. The van der Waals surface area contributed by atoms with E-state index in [0.717, 1.165) is 116 Å². The fraction of sp³-hybridized carbons (Fsp3) is 0.561. The lowest BCUT2D eigenvalue weighted by atomic mass is 9.99. The highest BCUT2D eigenvalue weighted by Gasteiger charge is 2.44. The van der Waals surface area contributed by atoms with E-state index < -0.39 is 49.4 Å². The number of aliphatic hydroxyl groups is 4. The number of allylic oxidation sites excluding steroid dienone is 24. The molecule has 370 valence electrons. The van der Waals surface area contributed by atoms with E-state index in [4.69, 9.17) is 18.9 Å². The zero-order chi connectivity index (χ0) is 47.8. The maximum Gasteiger partial charge on any atom is 0.306 e. The number of hydrogen-bond donors (Lipinski definition) is 4. The molecule has 0 aliphatic carbocycles. The van der Waals surface area contributed by atoms with E-state index in [1.54, 1.807) is 0 Å².